The summed E-state index contributed by atoms with van der Waals surface area (Å²) in [5, 5.41) is 9.60. The van der Waals surface area contributed by atoms with E-state index in [1.807, 2.05) is 0 Å². The van der Waals surface area contributed by atoms with Gasteiger partial charge in [-0.25, -0.2) is 0 Å². The molecule has 0 saturated carbocycles. The number of aliphatic hydroxyl groups excluding tert-OH is 1. The number of carbonyl (C=O) groups is 1. The lowest BCUT2D eigenvalue weighted by Gasteiger charge is -2.09. The molecule has 82 valence electrons. The third kappa shape index (κ3) is 2.62. The van der Waals surface area contributed by atoms with Crippen LogP contribution < -0.4 is 4.74 Å². The average molecular weight is 249 g/mol. The highest BCUT2D eigenvalue weighted by atomic mass is 35.5. The standard InChI is InChI=1S/C10H10Cl2O3/c1-5(13)9(14)6-3-7(11)10(15-2)8(12)4-6/h3-5,13H,1-2H3. The Morgan fingerprint density at radius 3 is 2.20 bits per heavy atom. The largest absolute Gasteiger partial charge is 0.494 e. The minimum absolute atomic E-state index is 0.244. The van der Waals surface area contributed by atoms with E-state index in [0.717, 1.165) is 0 Å². The van der Waals surface area contributed by atoms with Gasteiger partial charge in [0.05, 0.1) is 17.2 Å². The lowest BCUT2D eigenvalue weighted by molar-refractivity contribution is 0.0779. The molecule has 0 aliphatic rings. The molecule has 1 aromatic carbocycles. The highest BCUT2D eigenvalue weighted by Gasteiger charge is 2.16. The molecule has 0 bridgehead atoms. The molecule has 0 amide bonds. The Hall–Kier alpha value is -0.770. The lowest BCUT2D eigenvalue weighted by atomic mass is 10.1. The molecule has 1 N–H and O–H groups in total. The lowest BCUT2D eigenvalue weighted by Crippen LogP contribution is -2.16. The Labute approximate surface area is 97.6 Å². The summed E-state index contributed by atoms with van der Waals surface area (Å²) >= 11 is 11.7. The molecule has 0 heterocycles. The summed E-state index contributed by atoms with van der Waals surface area (Å²) in [5.41, 5.74) is 0.265. The van der Waals surface area contributed by atoms with Gasteiger partial charge in [0.1, 0.15) is 6.10 Å². The molecule has 3 nitrogen and oxygen atoms in total. The summed E-state index contributed by atoms with van der Waals surface area (Å²) in [6.45, 7) is 1.38. The van der Waals surface area contributed by atoms with Crippen molar-refractivity contribution in [2.45, 2.75) is 13.0 Å². The van der Waals surface area contributed by atoms with Crippen LogP contribution in [0.15, 0.2) is 12.1 Å². The molecule has 0 aromatic heterocycles. The van der Waals surface area contributed by atoms with Gasteiger partial charge in [0.15, 0.2) is 11.5 Å². The second-order valence-corrected chi connectivity index (χ2v) is 3.83. The first-order valence-corrected chi connectivity index (χ1v) is 4.98. The number of aliphatic hydroxyl groups is 1. The summed E-state index contributed by atoms with van der Waals surface area (Å²) in [7, 11) is 1.43. The molecule has 5 heteroatoms. The molecule has 0 aliphatic carbocycles. The number of ether oxygens (including phenoxy) is 1. The van der Waals surface area contributed by atoms with Crippen LogP contribution in [0.2, 0.25) is 10.0 Å². The quantitative estimate of drug-likeness (QED) is 0.837. The maximum atomic E-state index is 11.4. The van der Waals surface area contributed by atoms with Crippen molar-refractivity contribution in [1.29, 1.82) is 0 Å². The summed E-state index contributed by atoms with van der Waals surface area (Å²) in [5.74, 6) is -0.109. The van der Waals surface area contributed by atoms with E-state index in [4.69, 9.17) is 33.0 Å². The number of methoxy groups -OCH3 is 1. The number of rotatable bonds is 3. The zero-order valence-corrected chi connectivity index (χ0v) is 9.76. The maximum absolute atomic E-state index is 11.4. The number of halogens is 2. The third-order valence-corrected chi connectivity index (χ3v) is 2.43. The van der Waals surface area contributed by atoms with E-state index >= 15 is 0 Å². The van der Waals surface area contributed by atoms with Gasteiger partial charge in [-0.2, -0.15) is 0 Å². The van der Waals surface area contributed by atoms with Gasteiger partial charge < -0.3 is 9.84 Å². The van der Waals surface area contributed by atoms with E-state index in [-0.39, 0.29) is 15.6 Å². The molecule has 0 saturated heterocycles. The summed E-state index contributed by atoms with van der Waals surface area (Å²) in [6.07, 6.45) is -1.08. The number of hydrogen-bond donors (Lipinski definition) is 1. The Bertz CT molecular complexity index is 365. The number of Topliss-reactive ketones (excluding diaryl/α,β-unsaturated/α-hetero) is 1. The van der Waals surface area contributed by atoms with Crippen LogP contribution in [0.5, 0.6) is 5.75 Å². The van der Waals surface area contributed by atoms with E-state index < -0.39 is 11.9 Å². The molecule has 0 aliphatic heterocycles. The molecule has 1 aromatic rings. The van der Waals surface area contributed by atoms with Gasteiger partial charge in [-0.3, -0.25) is 4.79 Å². The van der Waals surface area contributed by atoms with Gasteiger partial charge in [-0.15, -0.1) is 0 Å². The molecule has 0 fully saturated rings. The van der Waals surface area contributed by atoms with E-state index in [0.29, 0.717) is 5.75 Å². The molecule has 1 rings (SSSR count). The minimum Gasteiger partial charge on any atom is -0.494 e. The van der Waals surface area contributed by atoms with Gasteiger partial charge >= 0.3 is 0 Å². The van der Waals surface area contributed by atoms with Gasteiger partial charge in [0.25, 0.3) is 0 Å². The van der Waals surface area contributed by atoms with Gasteiger partial charge in [0.2, 0.25) is 0 Å². The van der Waals surface area contributed by atoms with Crippen molar-refractivity contribution in [3.63, 3.8) is 0 Å². The summed E-state index contributed by atoms with van der Waals surface area (Å²) in [4.78, 5) is 11.4. The van der Waals surface area contributed by atoms with Gasteiger partial charge in [-0.1, -0.05) is 23.2 Å². The minimum atomic E-state index is -1.08. The van der Waals surface area contributed by atoms with Crippen molar-refractivity contribution >= 4 is 29.0 Å². The second kappa shape index (κ2) is 4.84. The molecular weight excluding hydrogens is 239 g/mol. The van der Waals surface area contributed by atoms with Gasteiger partial charge in [0, 0.05) is 5.56 Å². The highest BCUT2D eigenvalue weighted by molar-refractivity contribution is 6.37. The fraction of sp³-hybridized carbons (Fsp3) is 0.300. The van der Waals surface area contributed by atoms with Crippen molar-refractivity contribution < 1.29 is 14.6 Å². The van der Waals surface area contributed by atoms with Crippen molar-refractivity contribution in [2.75, 3.05) is 7.11 Å². The van der Waals surface area contributed by atoms with Crippen LogP contribution in [-0.4, -0.2) is 24.1 Å². The van der Waals surface area contributed by atoms with Crippen LogP contribution in [0.4, 0.5) is 0 Å². The third-order valence-electron chi connectivity index (χ3n) is 1.87. The number of carbonyl (C=O) groups excluding carboxylic acids is 1. The fourth-order valence-corrected chi connectivity index (χ4v) is 1.78. The molecule has 0 radical (unpaired) electrons. The maximum Gasteiger partial charge on any atom is 0.191 e. The Kier molecular flexibility index (Phi) is 3.97. The first-order chi connectivity index (χ1) is 6.97. The van der Waals surface area contributed by atoms with Crippen molar-refractivity contribution in [3.05, 3.63) is 27.7 Å². The number of ketones is 1. The molecule has 15 heavy (non-hydrogen) atoms. The monoisotopic (exact) mass is 248 g/mol. The van der Waals surface area contributed by atoms with Crippen LogP contribution in [0.3, 0.4) is 0 Å². The van der Waals surface area contributed by atoms with Gasteiger partial charge in [-0.05, 0) is 19.1 Å². The number of hydrogen-bond acceptors (Lipinski definition) is 3. The molecule has 0 spiro atoms. The normalized spacial score (nSPS) is 12.3. The van der Waals surface area contributed by atoms with Crippen LogP contribution in [0.25, 0.3) is 0 Å². The Balaban J connectivity index is 3.20. The predicted molar refractivity (Wildman–Crippen MR) is 59.0 cm³/mol. The first kappa shape index (κ1) is 12.3. The summed E-state index contributed by atoms with van der Waals surface area (Å²) < 4.78 is 4.93. The molecular formula is C10H10Cl2O3. The zero-order chi connectivity index (χ0) is 11.6. The molecule has 1 atom stereocenters. The van der Waals surface area contributed by atoms with E-state index in [1.165, 1.54) is 26.2 Å². The Morgan fingerprint density at radius 1 is 1.40 bits per heavy atom. The first-order valence-electron chi connectivity index (χ1n) is 4.22. The van der Waals surface area contributed by atoms with E-state index in [9.17, 15) is 4.79 Å². The van der Waals surface area contributed by atoms with Crippen molar-refractivity contribution in [1.82, 2.24) is 0 Å². The Morgan fingerprint density at radius 2 is 1.87 bits per heavy atom. The van der Waals surface area contributed by atoms with Crippen LogP contribution in [-0.2, 0) is 0 Å². The SMILES string of the molecule is COc1c(Cl)cc(C(=O)C(C)O)cc1Cl. The predicted octanol–water partition coefficient (Wildman–Crippen LogP) is 2.57. The van der Waals surface area contributed by atoms with Crippen molar-refractivity contribution in [2.24, 2.45) is 0 Å². The average Bonchev–Trinajstić information content (AvgIpc) is 2.15. The van der Waals surface area contributed by atoms with E-state index in [1.54, 1.807) is 0 Å². The topological polar surface area (TPSA) is 46.5 Å². The summed E-state index contributed by atoms with van der Waals surface area (Å²) in [6, 6.07) is 2.84. The van der Waals surface area contributed by atoms with E-state index in [2.05, 4.69) is 0 Å². The zero-order valence-electron chi connectivity index (χ0n) is 8.25. The molecule has 1 unspecified atom stereocenters. The van der Waals surface area contributed by atoms with Crippen LogP contribution in [0.1, 0.15) is 17.3 Å². The van der Waals surface area contributed by atoms with Crippen molar-refractivity contribution in [3.8, 4) is 5.75 Å². The highest BCUT2D eigenvalue weighted by Crippen LogP contribution is 2.34. The number of benzene rings is 1. The second-order valence-electron chi connectivity index (χ2n) is 3.01. The smallest absolute Gasteiger partial charge is 0.191 e. The van der Waals surface area contributed by atoms with Crippen LogP contribution >= 0.6 is 23.2 Å². The van der Waals surface area contributed by atoms with Crippen LogP contribution in [0, 0.1) is 0 Å². The fourth-order valence-electron chi connectivity index (χ4n) is 1.14.